The Hall–Kier alpha value is -1.96. The minimum absolute atomic E-state index is 0.0230. The number of hydrogen-bond donors (Lipinski definition) is 1. The molecular weight excluding hydrogens is 338 g/mol. The molecule has 4 rings (SSSR count). The van der Waals surface area contributed by atoms with Crippen molar-refractivity contribution in [1.82, 2.24) is 19.9 Å². The lowest BCUT2D eigenvalue weighted by atomic mass is 9.95. The molecule has 2 fully saturated rings. The Balaban J connectivity index is 1.50. The Morgan fingerprint density at radius 1 is 1.20 bits per heavy atom. The maximum absolute atomic E-state index is 12.7. The quantitative estimate of drug-likeness (QED) is 0.900. The zero-order valence-corrected chi connectivity index (χ0v) is 15.1. The van der Waals surface area contributed by atoms with Gasteiger partial charge < -0.3 is 10.2 Å². The van der Waals surface area contributed by atoms with Gasteiger partial charge in [0.05, 0.1) is 0 Å². The highest BCUT2D eigenvalue weighted by molar-refractivity contribution is 7.22. The van der Waals surface area contributed by atoms with Crippen molar-refractivity contribution in [3.8, 4) is 0 Å². The molecule has 0 atom stereocenters. The third-order valence-electron chi connectivity index (χ3n) is 5.03. The van der Waals surface area contributed by atoms with Crippen molar-refractivity contribution in [3.05, 3.63) is 16.7 Å². The predicted octanol–water partition coefficient (Wildman–Crippen LogP) is 1.90. The average Bonchev–Trinajstić information content (AvgIpc) is 3.27. The maximum atomic E-state index is 12.7. The molecule has 2 aromatic heterocycles. The molecule has 7 nitrogen and oxygen atoms in total. The van der Waals surface area contributed by atoms with Gasteiger partial charge in [-0.15, -0.1) is 0 Å². The van der Waals surface area contributed by atoms with E-state index < -0.39 is 0 Å². The summed E-state index contributed by atoms with van der Waals surface area (Å²) in [5.41, 5.74) is 0.313. The molecule has 1 saturated carbocycles. The van der Waals surface area contributed by atoms with Crippen LogP contribution in [0.3, 0.4) is 0 Å². The second kappa shape index (κ2) is 7.11. The summed E-state index contributed by atoms with van der Waals surface area (Å²) in [4.78, 5) is 35.9. The van der Waals surface area contributed by atoms with Gasteiger partial charge in [0.25, 0.3) is 5.56 Å². The van der Waals surface area contributed by atoms with Gasteiger partial charge in [0.1, 0.15) is 17.6 Å². The minimum Gasteiger partial charge on any atom is -0.352 e. The van der Waals surface area contributed by atoms with Crippen LogP contribution in [-0.2, 0) is 11.3 Å². The van der Waals surface area contributed by atoms with Gasteiger partial charge in [-0.05, 0) is 25.7 Å². The van der Waals surface area contributed by atoms with Crippen LogP contribution >= 0.6 is 11.3 Å². The number of carbonyl (C=O) groups is 1. The Labute approximate surface area is 150 Å². The summed E-state index contributed by atoms with van der Waals surface area (Å²) in [6.07, 6.45) is 9.41. The molecule has 0 unspecified atom stereocenters. The number of amides is 1. The highest BCUT2D eigenvalue weighted by atomic mass is 32.1. The van der Waals surface area contributed by atoms with E-state index in [1.807, 2.05) is 0 Å². The molecule has 0 aromatic carbocycles. The molecule has 25 heavy (non-hydrogen) atoms. The maximum Gasteiger partial charge on any atom is 0.273 e. The molecule has 0 radical (unpaired) electrons. The van der Waals surface area contributed by atoms with Crippen LogP contribution in [0.5, 0.6) is 0 Å². The van der Waals surface area contributed by atoms with Gasteiger partial charge in [0, 0.05) is 19.1 Å². The molecule has 2 aliphatic rings. The fraction of sp³-hybridized carbons (Fsp3) is 0.647. The number of nitrogens with zero attached hydrogens (tertiary/aromatic N) is 4. The van der Waals surface area contributed by atoms with Crippen LogP contribution in [0.1, 0.15) is 44.9 Å². The average molecular weight is 361 g/mol. The smallest absolute Gasteiger partial charge is 0.273 e. The van der Waals surface area contributed by atoms with E-state index in [1.165, 1.54) is 41.5 Å². The Morgan fingerprint density at radius 3 is 2.72 bits per heavy atom. The molecule has 0 bridgehead atoms. The third-order valence-corrected chi connectivity index (χ3v) is 6.13. The van der Waals surface area contributed by atoms with E-state index >= 15 is 0 Å². The first kappa shape index (κ1) is 16.5. The van der Waals surface area contributed by atoms with Crippen molar-refractivity contribution in [2.45, 2.75) is 57.5 Å². The van der Waals surface area contributed by atoms with Crippen molar-refractivity contribution in [2.24, 2.45) is 0 Å². The number of hydrogen-bond acceptors (Lipinski definition) is 6. The normalized spacial score (nSPS) is 18.8. The summed E-state index contributed by atoms with van der Waals surface area (Å²) in [5, 5.41) is 3.91. The Bertz CT molecular complexity index is 818. The van der Waals surface area contributed by atoms with Crippen molar-refractivity contribution in [3.63, 3.8) is 0 Å². The summed E-state index contributed by atoms with van der Waals surface area (Å²) < 4.78 is 1.93. The number of aromatic nitrogens is 3. The number of anilines is 1. The van der Waals surface area contributed by atoms with Crippen LogP contribution in [0.15, 0.2) is 11.1 Å². The van der Waals surface area contributed by atoms with Crippen LogP contribution in [-0.4, -0.2) is 39.6 Å². The number of fused-ring (bicyclic) bond motifs is 1. The Morgan fingerprint density at radius 2 is 1.96 bits per heavy atom. The molecule has 1 saturated heterocycles. The molecule has 1 N–H and O–H groups in total. The zero-order valence-electron chi connectivity index (χ0n) is 14.2. The second-order valence-electron chi connectivity index (χ2n) is 6.92. The van der Waals surface area contributed by atoms with Crippen LogP contribution < -0.4 is 15.8 Å². The van der Waals surface area contributed by atoms with E-state index in [4.69, 9.17) is 0 Å². The van der Waals surface area contributed by atoms with Gasteiger partial charge in [-0.1, -0.05) is 30.6 Å². The first-order valence-corrected chi connectivity index (χ1v) is 9.92. The summed E-state index contributed by atoms with van der Waals surface area (Å²) in [6.45, 7) is 1.99. The highest BCUT2D eigenvalue weighted by Crippen LogP contribution is 2.27. The van der Waals surface area contributed by atoms with E-state index in [-0.39, 0.29) is 24.1 Å². The summed E-state index contributed by atoms with van der Waals surface area (Å²) in [7, 11) is 0. The molecule has 1 aliphatic heterocycles. The van der Waals surface area contributed by atoms with Crippen molar-refractivity contribution < 1.29 is 4.79 Å². The van der Waals surface area contributed by atoms with Gasteiger partial charge in [-0.3, -0.25) is 14.2 Å². The lowest BCUT2D eigenvalue weighted by molar-refractivity contribution is -0.122. The van der Waals surface area contributed by atoms with Crippen LogP contribution in [0.25, 0.3) is 10.3 Å². The molecule has 3 heterocycles. The monoisotopic (exact) mass is 361 g/mol. The van der Waals surface area contributed by atoms with E-state index in [1.54, 1.807) is 0 Å². The number of carbonyl (C=O) groups excluding carboxylic acids is 1. The van der Waals surface area contributed by atoms with Gasteiger partial charge in [-0.2, -0.15) is 4.98 Å². The fourth-order valence-electron chi connectivity index (χ4n) is 3.67. The lowest BCUT2D eigenvalue weighted by Gasteiger charge is -2.22. The Kier molecular flexibility index (Phi) is 4.70. The van der Waals surface area contributed by atoms with Crippen LogP contribution in [0.4, 0.5) is 5.13 Å². The standard InChI is InChI=1S/C17H23N5O2S/c23-13(19-12-6-2-1-3-7-12)10-22-11-18-15-14(16(22)24)25-17(20-15)21-8-4-5-9-21/h11-12H,1-10H2,(H,19,23). The van der Waals surface area contributed by atoms with Crippen molar-refractivity contribution in [2.75, 3.05) is 18.0 Å². The van der Waals surface area contributed by atoms with Gasteiger partial charge in [-0.25, -0.2) is 4.98 Å². The third kappa shape index (κ3) is 3.53. The summed E-state index contributed by atoms with van der Waals surface area (Å²) in [5.74, 6) is -0.112. The van der Waals surface area contributed by atoms with Crippen LogP contribution in [0, 0.1) is 0 Å². The predicted molar refractivity (Wildman–Crippen MR) is 98.1 cm³/mol. The van der Waals surface area contributed by atoms with Gasteiger partial charge >= 0.3 is 0 Å². The lowest BCUT2D eigenvalue weighted by Crippen LogP contribution is -2.39. The number of thiazole rings is 1. The van der Waals surface area contributed by atoms with Gasteiger partial charge in [0.15, 0.2) is 10.8 Å². The molecular formula is C17H23N5O2S. The molecule has 134 valence electrons. The van der Waals surface area contributed by atoms with Crippen molar-refractivity contribution in [1.29, 1.82) is 0 Å². The molecule has 2 aromatic rings. The largest absolute Gasteiger partial charge is 0.352 e. The first-order chi connectivity index (χ1) is 12.2. The molecule has 8 heteroatoms. The topological polar surface area (TPSA) is 80.1 Å². The molecule has 0 spiro atoms. The fourth-order valence-corrected chi connectivity index (χ4v) is 4.69. The first-order valence-electron chi connectivity index (χ1n) is 9.11. The van der Waals surface area contributed by atoms with Crippen molar-refractivity contribution >= 4 is 32.7 Å². The van der Waals surface area contributed by atoms with E-state index in [9.17, 15) is 9.59 Å². The minimum atomic E-state index is -0.174. The number of nitrogens with one attached hydrogen (secondary N) is 1. The summed E-state index contributed by atoms with van der Waals surface area (Å²) in [6, 6.07) is 0.249. The number of rotatable bonds is 4. The SMILES string of the molecule is O=C(Cn1cnc2nc(N3CCCC3)sc2c1=O)NC1CCCCC1. The molecule has 1 amide bonds. The zero-order chi connectivity index (χ0) is 17.2. The highest BCUT2D eigenvalue weighted by Gasteiger charge is 2.20. The molecule has 1 aliphatic carbocycles. The van der Waals surface area contributed by atoms with E-state index in [0.29, 0.717) is 10.3 Å². The van der Waals surface area contributed by atoms with Gasteiger partial charge in [0.2, 0.25) is 5.91 Å². The van der Waals surface area contributed by atoms with Crippen LogP contribution in [0.2, 0.25) is 0 Å². The summed E-state index contributed by atoms with van der Waals surface area (Å²) >= 11 is 1.39. The van der Waals surface area contributed by atoms with E-state index in [0.717, 1.165) is 43.9 Å². The second-order valence-corrected chi connectivity index (χ2v) is 7.90. The van der Waals surface area contributed by atoms with E-state index in [2.05, 4.69) is 20.2 Å².